The molecule has 0 aromatic heterocycles. The van der Waals surface area contributed by atoms with E-state index in [1.54, 1.807) is 0 Å². The molecule has 2 atom stereocenters. The van der Waals surface area contributed by atoms with Crippen LogP contribution in [0.2, 0.25) is 0 Å². The number of nitrogens with one attached hydrogen (secondary N) is 1. The highest BCUT2D eigenvalue weighted by molar-refractivity contribution is 5.87. The molecule has 1 aliphatic heterocycles. The van der Waals surface area contributed by atoms with Crippen molar-refractivity contribution in [3.8, 4) is 0 Å². The Hall–Kier alpha value is -1.59. The summed E-state index contributed by atoms with van der Waals surface area (Å²) in [5.74, 6) is -1.92. The van der Waals surface area contributed by atoms with Gasteiger partial charge >= 0.3 is 0 Å². The van der Waals surface area contributed by atoms with Crippen LogP contribution in [0.15, 0.2) is 24.3 Å². The Labute approximate surface area is 107 Å². The van der Waals surface area contributed by atoms with Gasteiger partial charge in [-0.2, -0.15) is 0 Å². The maximum absolute atomic E-state index is 13.8. The molecule has 1 amide bonds. The molecule has 1 aromatic carbocycles. The van der Waals surface area contributed by atoms with Gasteiger partial charge in [-0.25, -0.2) is 17.6 Å². The Balaban J connectivity index is 2.37. The maximum atomic E-state index is 13.8. The van der Waals surface area contributed by atoms with Gasteiger partial charge in [-0.1, -0.05) is 18.2 Å². The lowest BCUT2D eigenvalue weighted by Gasteiger charge is -2.41. The molecular formula is C13H13F4NO. The standard InChI is InChI=1S/C13H13F4NO/c14-7-12(17)5-6-13(8-15,18-11(12)19)9-3-1-2-4-10(9)16/h1-4H,5-8H2,(H,18,19)/t12?,13-/m1/s1. The molecule has 104 valence electrons. The second kappa shape index (κ2) is 4.83. The van der Waals surface area contributed by atoms with E-state index < -0.39 is 42.7 Å². The minimum atomic E-state index is -2.65. The molecular weight excluding hydrogens is 262 g/mol. The predicted molar refractivity (Wildman–Crippen MR) is 61.2 cm³/mol. The van der Waals surface area contributed by atoms with Crippen molar-refractivity contribution in [1.82, 2.24) is 5.32 Å². The highest BCUT2D eigenvalue weighted by atomic mass is 19.2. The van der Waals surface area contributed by atoms with Crippen LogP contribution >= 0.6 is 0 Å². The first-order valence-corrected chi connectivity index (χ1v) is 5.86. The van der Waals surface area contributed by atoms with E-state index >= 15 is 0 Å². The molecule has 0 bridgehead atoms. The number of alkyl halides is 3. The third kappa shape index (κ3) is 2.19. The van der Waals surface area contributed by atoms with E-state index in [2.05, 4.69) is 5.32 Å². The van der Waals surface area contributed by atoms with Crippen molar-refractivity contribution >= 4 is 5.91 Å². The lowest BCUT2D eigenvalue weighted by Crippen LogP contribution is -2.60. The number of amides is 1. The van der Waals surface area contributed by atoms with E-state index in [0.717, 1.165) is 6.07 Å². The van der Waals surface area contributed by atoms with Crippen molar-refractivity contribution in [2.75, 3.05) is 13.3 Å². The van der Waals surface area contributed by atoms with Gasteiger partial charge in [0.1, 0.15) is 19.2 Å². The van der Waals surface area contributed by atoms with Gasteiger partial charge < -0.3 is 5.32 Å². The number of piperidine rings is 1. The lowest BCUT2D eigenvalue weighted by molar-refractivity contribution is -0.141. The van der Waals surface area contributed by atoms with Crippen molar-refractivity contribution < 1.29 is 22.4 Å². The van der Waals surface area contributed by atoms with E-state index in [0.29, 0.717) is 0 Å². The first kappa shape index (κ1) is 13.8. The molecule has 1 aromatic rings. The summed E-state index contributed by atoms with van der Waals surface area (Å²) in [6.07, 6.45) is -0.676. The average molecular weight is 275 g/mol. The number of halogens is 4. The Morgan fingerprint density at radius 3 is 2.37 bits per heavy atom. The summed E-state index contributed by atoms with van der Waals surface area (Å²) in [5, 5.41) is 2.11. The first-order chi connectivity index (χ1) is 8.97. The maximum Gasteiger partial charge on any atom is 0.261 e. The molecule has 1 heterocycles. The molecule has 1 N–H and O–H groups in total. The van der Waals surface area contributed by atoms with Crippen molar-refractivity contribution in [3.63, 3.8) is 0 Å². The summed E-state index contributed by atoms with van der Waals surface area (Å²) in [7, 11) is 0. The van der Waals surface area contributed by atoms with Crippen LogP contribution in [0.25, 0.3) is 0 Å². The van der Waals surface area contributed by atoms with E-state index in [1.165, 1.54) is 18.2 Å². The summed E-state index contributed by atoms with van der Waals surface area (Å²) >= 11 is 0. The number of rotatable bonds is 3. The number of carbonyl (C=O) groups excluding carboxylic acids is 1. The lowest BCUT2D eigenvalue weighted by atomic mass is 9.78. The van der Waals surface area contributed by atoms with Crippen LogP contribution in [0.5, 0.6) is 0 Å². The summed E-state index contributed by atoms with van der Waals surface area (Å²) in [5.41, 5.74) is -4.32. The van der Waals surface area contributed by atoms with Gasteiger partial charge in [0.2, 0.25) is 5.67 Å². The van der Waals surface area contributed by atoms with E-state index in [1.807, 2.05) is 0 Å². The van der Waals surface area contributed by atoms with E-state index in [-0.39, 0.29) is 12.0 Å². The number of benzene rings is 1. The van der Waals surface area contributed by atoms with E-state index in [4.69, 9.17) is 0 Å². The SMILES string of the molecule is O=C1N[C@](CF)(c2ccccc2F)CCC1(F)CF. The molecule has 19 heavy (non-hydrogen) atoms. The smallest absolute Gasteiger partial charge is 0.261 e. The van der Waals surface area contributed by atoms with Crippen LogP contribution in [0, 0.1) is 5.82 Å². The number of hydrogen-bond donors (Lipinski definition) is 1. The van der Waals surface area contributed by atoms with Crippen LogP contribution in [0.4, 0.5) is 17.6 Å². The second-order valence-electron chi connectivity index (χ2n) is 4.75. The molecule has 2 nitrogen and oxygen atoms in total. The fourth-order valence-corrected chi connectivity index (χ4v) is 2.27. The molecule has 6 heteroatoms. The normalized spacial score (nSPS) is 31.1. The number of carbonyl (C=O) groups is 1. The van der Waals surface area contributed by atoms with Gasteiger partial charge in [-0.15, -0.1) is 0 Å². The quantitative estimate of drug-likeness (QED) is 0.844. The highest BCUT2D eigenvalue weighted by Crippen LogP contribution is 2.37. The largest absolute Gasteiger partial charge is 0.341 e. The van der Waals surface area contributed by atoms with Gasteiger partial charge in [0, 0.05) is 5.56 Å². The van der Waals surface area contributed by atoms with Crippen molar-refractivity contribution in [1.29, 1.82) is 0 Å². The fourth-order valence-electron chi connectivity index (χ4n) is 2.27. The summed E-state index contributed by atoms with van der Waals surface area (Å²) in [6.45, 7) is -2.56. The first-order valence-electron chi connectivity index (χ1n) is 5.86. The highest BCUT2D eigenvalue weighted by Gasteiger charge is 2.51. The Morgan fingerprint density at radius 2 is 1.84 bits per heavy atom. The molecule has 1 unspecified atom stereocenters. The minimum Gasteiger partial charge on any atom is -0.341 e. The van der Waals surface area contributed by atoms with Crippen molar-refractivity contribution in [2.24, 2.45) is 0 Å². The van der Waals surface area contributed by atoms with Crippen LogP contribution in [-0.4, -0.2) is 24.9 Å². The van der Waals surface area contributed by atoms with Gasteiger partial charge in [-0.05, 0) is 18.9 Å². The van der Waals surface area contributed by atoms with Crippen molar-refractivity contribution in [2.45, 2.75) is 24.0 Å². The second-order valence-corrected chi connectivity index (χ2v) is 4.75. The minimum absolute atomic E-state index is 0.0493. The zero-order valence-corrected chi connectivity index (χ0v) is 10.1. The molecule has 1 saturated heterocycles. The third-order valence-corrected chi connectivity index (χ3v) is 3.54. The Morgan fingerprint density at radius 1 is 1.16 bits per heavy atom. The van der Waals surface area contributed by atoms with E-state index in [9.17, 15) is 22.4 Å². The zero-order valence-electron chi connectivity index (χ0n) is 10.1. The van der Waals surface area contributed by atoms with Gasteiger partial charge in [0.25, 0.3) is 5.91 Å². The van der Waals surface area contributed by atoms with Crippen molar-refractivity contribution in [3.05, 3.63) is 35.6 Å². The van der Waals surface area contributed by atoms with Crippen LogP contribution in [-0.2, 0) is 10.3 Å². The summed E-state index contributed by atoms with van der Waals surface area (Å²) < 4.78 is 53.4. The molecule has 0 saturated carbocycles. The van der Waals surface area contributed by atoms with Gasteiger partial charge in [0.15, 0.2) is 0 Å². The molecule has 1 aliphatic rings. The Bertz CT molecular complexity index is 495. The monoisotopic (exact) mass is 275 g/mol. The molecule has 1 fully saturated rings. The fraction of sp³-hybridized carbons (Fsp3) is 0.462. The summed E-state index contributed by atoms with van der Waals surface area (Å²) in [4.78, 5) is 11.6. The Kier molecular flexibility index (Phi) is 3.52. The molecule has 0 radical (unpaired) electrons. The average Bonchev–Trinajstić information content (AvgIpc) is 2.43. The third-order valence-electron chi connectivity index (χ3n) is 3.54. The van der Waals surface area contributed by atoms with Crippen LogP contribution in [0.1, 0.15) is 18.4 Å². The van der Waals surface area contributed by atoms with Gasteiger partial charge in [-0.3, -0.25) is 4.79 Å². The molecule has 2 rings (SSSR count). The molecule has 0 spiro atoms. The zero-order chi connectivity index (χ0) is 14.1. The van der Waals surface area contributed by atoms with Gasteiger partial charge in [0.05, 0.1) is 5.54 Å². The summed E-state index contributed by atoms with van der Waals surface area (Å²) in [6, 6.07) is 5.38. The van der Waals surface area contributed by atoms with Crippen LogP contribution < -0.4 is 5.32 Å². The topological polar surface area (TPSA) is 29.1 Å². The predicted octanol–water partition coefficient (Wildman–Crippen LogP) is 2.58. The molecule has 0 aliphatic carbocycles. The number of hydrogen-bond acceptors (Lipinski definition) is 1. The van der Waals surface area contributed by atoms with Crippen LogP contribution in [0.3, 0.4) is 0 Å².